The van der Waals surface area contributed by atoms with E-state index >= 15 is 0 Å². The maximum absolute atomic E-state index is 9.25. The predicted molar refractivity (Wildman–Crippen MR) is 139 cm³/mol. The monoisotopic (exact) mass is 493 g/mol. The minimum absolute atomic E-state index is 0.272. The van der Waals surface area contributed by atoms with Crippen LogP contribution in [0.3, 0.4) is 0 Å². The molecule has 6 rings (SSSR count). The number of benzene rings is 3. The highest BCUT2D eigenvalue weighted by atomic mass is 16.5. The second-order valence-electron chi connectivity index (χ2n) is 9.01. The van der Waals surface area contributed by atoms with E-state index in [1.807, 2.05) is 51.7 Å². The molecule has 1 aliphatic rings. The van der Waals surface area contributed by atoms with Gasteiger partial charge in [0.2, 0.25) is 5.88 Å². The maximum Gasteiger partial charge on any atom is 0.228 e. The maximum atomic E-state index is 9.25. The summed E-state index contributed by atoms with van der Waals surface area (Å²) in [4.78, 5) is 8.78. The number of ether oxygens (including phenoxy) is 3. The first-order chi connectivity index (χ1) is 18.2. The van der Waals surface area contributed by atoms with Gasteiger partial charge in [-0.05, 0) is 41.0 Å². The van der Waals surface area contributed by atoms with Gasteiger partial charge in [0, 0.05) is 37.0 Å². The Balaban J connectivity index is 1.51. The summed E-state index contributed by atoms with van der Waals surface area (Å²) in [5.74, 6) is 2.22. The highest BCUT2D eigenvalue weighted by Gasteiger charge is 2.34. The van der Waals surface area contributed by atoms with Crippen molar-refractivity contribution in [3.05, 3.63) is 102 Å². The first-order valence-electron chi connectivity index (χ1n) is 12.2. The van der Waals surface area contributed by atoms with Crippen LogP contribution in [-0.4, -0.2) is 33.3 Å². The molecule has 1 atom stereocenters. The summed E-state index contributed by atoms with van der Waals surface area (Å²) >= 11 is 0. The summed E-state index contributed by atoms with van der Waals surface area (Å²) in [6, 6.07) is 18.2. The van der Waals surface area contributed by atoms with Gasteiger partial charge >= 0.3 is 0 Å². The Morgan fingerprint density at radius 2 is 1.81 bits per heavy atom. The number of imidazole rings is 1. The highest BCUT2D eigenvalue weighted by Crippen LogP contribution is 2.49. The van der Waals surface area contributed by atoms with Crippen molar-refractivity contribution in [3.63, 3.8) is 0 Å². The molecule has 2 aromatic heterocycles. The fourth-order valence-corrected chi connectivity index (χ4v) is 5.14. The molecule has 0 fully saturated rings. The lowest BCUT2D eigenvalue weighted by atomic mass is 9.81. The third kappa shape index (κ3) is 4.00. The van der Waals surface area contributed by atoms with Crippen LogP contribution in [-0.2, 0) is 13.1 Å². The van der Waals surface area contributed by atoms with E-state index in [2.05, 4.69) is 28.2 Å². The van der Waals surface area contributed by atoms with Crippen LogP contribution in [0.15, 0.2) is 79.6 Å². The topological polar surface area (TPSA) is 87.2 Å². The van der Waals surface area contributed by atoms with Crippen molar-refractivity contribution in [1.29, 1.82) is 5.41 Å². The molecular formula is C29H27N5O3. The molecule has 0 amide bonds. The van der Waals surface area contributed by atoms with Crippen LogP contribution in [0.5, 0.6) is 23.1 Å². The summed E-state index contributed by atoms with van der Waals surface area (Å²) < 4.78 is 21.4. The third-order valence-electron chi connectivity index (χ3n) is 6.92. The van der Waals surface area contributed by atoms with Gasteiger partial charge in [-0.3, -0.25) is 5.41 Å². The molecule has 3 heterocycles. The van der Waals surface area contributed by atoms with E-state index < -0.39 is 0 Å². The number of aromatic nitrogens is 4. The Bertz CT molecular complexity index is 1640. The first-order valence-corrected chi connectivity index (χ1v) is 12.2. The standard InChI is InChI=1S/C29H27N5O3/c1-35-22-10-9-20(16-24(22)36-2)25-26-21-7-4-3-6-19(21)8-11-23(26)37-29-27(25)28(30)34(18-32-29)14-5-13-33-15-12-31-17-33/h3-4,6-12,15-18,25,30H,5,13-14H2,1-2H3/t25-/m1/s1. The SMILES string of the molecule is COc1ccc([C@H]2c3c(ncn(CCCn4ccnc4)c3=N)Oc3ccc4ccccc4c32)cc1OC. The van der Waals surface area contributed by atoms with Crippen LogP contribution in [0.25, 0.3) is 10.8 Å². The zero-order valence-corrected chi connectivity index (χ0v) is 20.7. The molecule has 0 aliphatic carbocycles. The minimum Gasteiger partial charge on any atom is -0.493 e. The number of rotatable bonds is 7. The number of methoxy groups -OCH3 is 2. The van der Waals surface area contributed by atoms with E-state index in [1.54, 1.807) is 33.1 Å². The van der Waals surface area contributed by atoms with Crippen molar-refractivity contribution >= 4 is 10.8 Å². The van der Waals surface area contributed by atoms with E-state index in [1.165, 1.54) is 0 Å². The summed E-state index contributed by atoms with van der Waals surface area (Å²) in [5.41, 5.74) is 3.12. The zero-order valence-electron chi connectivity index (χ0n) is 20.7. The Hall–Kier alpha value is -4.59. The molecule has 3 aromatic carbocycles. The zero-order chi connectivity index (χ0) is 25.4. The second-order valence-corrected chi connectivity index (χ2v) is 9.01. The number of nitrogens with zero attached hydrogens (tertiary/aromatic N) is 4. The number of hydrogen-bond acceptors (Lipinski definition) is 6. The van der Waals surface area contributed by atoms with Crippen LogP contribution in [0.1, 0.15) is 29.0 Å². The van der Waals surface area contributed by atoms with E-state index in [4.69, 9.17) is 14.2 Å². The molecule has 0 spiro atoms. The van der Waals surface area contributed by atoms with E-state index in [-0.39, 0.29) is 5.92 Å². The van der Waals surface area contributed by atoms with Gasteiger partial charge in [0.1, 0.15) is 17.6 Å². The predicted octanol–water partition coefficient (Wildman–Crippen LogP) is 5.11. The van der Waals surface area contributed by atoms with Gasteiger partial charge in [-0.15, -0.1) is 0 Å². The molecule has 1 aliphatic heterocycles. The molecule has 8 nitrogen and oxygen atoms in total. The Morgan fingerprint density at radius 3 is 2.62 bits per heavy atom. The van der Waals surface area contributed by atoms with Crippen LogP contribution >= 0.6 is 0 Å². The van der Waals surface area contributed by atoms with E-state index in [0.29, 0.717) is 29.4 Å². The van der Waals surface area contributed by atoms with Crippen molar-refractivity contribution in [2.45, 2.75) is 25.4 Å². The van der Waals surface area contributed by atoms with Gasteiger partial charge in [-0.25, -0.2) is 9.97 Å². The lowest BCUT2D eigenvalue weighted by Gasteiger charge is -2.30. The summed E-state index contributed by atoms with van der Waals surface area (Å²) in [5, 5.41) is 11.4. The molecule has 0 saturated heterocycles. The summed E-state index contributed by atoms with van der Waals surface area (Å²) in [6.45, 7) is 1.46. The Morgan fingerprint density at radius 1 is 0.946 bits per heavy atom. The number of aryl methyl sites for hydroxylation is 2. The van der Waals surface area contributed by atoms with Crippen LogP contribution in [0, 0.1) is 5.41 Å². The van der Waals surface area contributed by atoms with Crippen molar-refractivity contribution in [3.8, 4) is 23.1 Å². The lowest BCUT2D eigenvalue weighted by molar-refractivity contribution is 0.354. The molecule has 1 N–H and O–H groups in total. The Labute approximate surface area is 214 Å². The van der Waals surface area contributed by atoms with Crippen molar-refractivity contribution in [2.75, 3.05) is 14.2 Å². The number of nitrogens with one attached hydrogen (secondary N) is 1. The minimum atomic E-state index is -0.272. The number of fused-ring (bicyclic) bond motifs is 4. The normalized spacial score (nSPS) is 14.1. The molecule has 0 bridgehead atoms. The molecule has 8 heteroatoms. The average molecular weight is 494 g/mol. The largest absolute Gasteiger partial charge is 0.493 e. The highest BCUT2D eigenvalue weighted by molar-refractivity contribution is 5.90. The van der Waals surface area contributed by atoms with E-state index in [0.717, 1.165) is 46.2 Å². The molecule has 186 valence electrons. The summed E-state index contributed by atoms with van der Waals surface area (Å²) in [7, 11) is 3.26. The molecule has 37 heavy (non-hydrogen) atoms. The van der Waals surface area contributed by atoms with Crippen LogP contribution < -0.4 is 19.7 Å². The van der Waals surface area contributed by atoms with Crippen LogP contribution in [0.2, 0.25) is 0 Å². The van der Waals surface area contributed by atoms with Gasteiger partial charge < -0.3 is 23.3 Å². The van der Waals surface area contributed by atoms with Gasteiger partial charge in [0.25, 0.3) is 0 Å². The lowest BCUT2D eigenvalue weighted by Crippen LogP contribution is -2.30. The van der Waals surface area contributed by atoms with Crippen molar-refractivity contribution < 1.29 is 14.2 Å². The van der Waals surface area contributed by atoms with Crippen molar-refractivity contribution in [2.24, 2.45) is 0 Å². The third-order valence-corrected chi connectivity index (χ3v) is 6.92. The second kappa shape index (κ2) is 9.46. The van der Waals surface area contributed by atoms with Gasteiger partial charge in [-0.1, -0.05) is 36.4 Å². The smallest absolute Gasteiger partial charge is 0.228 e. The van der Waals surface area contributed by atoms with Gasteiger partial charge in [0.05, 0.1) is 26.1 Å². The van der Waals surface area contributed by atoms with Crippen molar-refractivity contribution in [1.82, 2.24) is 19.1 Å². The van der Waals surface area contributed by atoms with Gasteiger partial charge in [-0.2, -0.15) is 0 Å². The molecule has 0 unspecified atom stereocenters. The fourth-order valence-electron chi connectivity index (χ4n) is 5.14. The Kier molecular flexibility index (Phi) is 5.84. The molecule has 0 radical (unpaired) electrons. The van der Waals surface area contributed by atoms with E-state index in [9.17, 15) is 5.41 Å². The van der Waals surface area contributed by atoms with Crippen LogP contribution in [0.4, 0.5) is 0 Å². The molecular weight excluding hydrogens is 466 g/mol. The average Bonchev–Trinajstić information content (AvgIpc) is 3.46. The fraction of sp³-hybridized carbons (Fsp3) is 0.207. The first kappa shape index (κ1) is 22.8. The molecule has 5 aromatic rings. The summed E-state index contributed by atoms with van der Waals surface area (Å²) in [6.07, 6.45) is 8.07. The quantitative estimate of drug-likeness (QED) is 0.334. The number of hydrogen-bond donors (Lipinski definition) is 1. The van der Waals surface area contributed by atoms with Gasteiger partial charge in [0.15, 0.2) is 11.5 Å². The molecule has 0 saturated carbocycles.